The predicted molar refractivity (Wildman–Crippen MR) is 105 cm³/mol. The van der Waals surface area contributed by atoms with Gasteiger partial charge in [0.2, 0.25) is 0 Å². The molecule has 0 saturated heterocycles. The number of aromatic nitrogens is 3. The summed E-state index contributed by atoms with van der Waals surface area (Å²) in [5, 5.41) is 22.2. The van der Waals surface area contributed by atoms with Crippen LogP contribution in [0.4, 0.5) is 5.69 Å². The molecule has 0 radical (unpaired) electrons. The van der Waals surface area contributed by atoms with Crippen LogP contribution in [0.3, 0.4) is 0 Å². The Morgan fingerprint density at radius 1 is 1.00 bits per heavy atom. The molecule has 0 saturated carbocycles. The van der Waals surface area contributed by atoms with Crippen molar-refractivity contribution < 1.29 is 9.48 Å². The van der Waals surface area contributed by atoms with Crippen LogP contribution in [0.25, 0.3) is 11.0 Å². The summed E-state index contributed by atoms with van der Waals surface area (Å²) in [5.74, 6) is 1.03. The Bertz CT molecular complexity index is 1120. The number of hydrogen-bond acceptors (Lipinski definition) is 4. The molecular weight excluding hydrogens is 364 g/mol. The molecule has 0 aliphatic heterocycles. The molecule has 27 heavy (non-hydrogen) atoms. The van der Waals surface area contributed by atoms with Crippen LogP contribution in [-0.2, 0) is 0 Å². The third-order valence-electron chi connectivity index (χ3n) is 4.15. The van der Waals surface area contributed by atoms with Gasteiger partial charge in [-0.3, -0.25) is 0 Å². The van der Waals surface area contributed by atoms with E-state index in [-0.39, 0.29) is 0 Å². The first-order valence-electron chi connectivity index (χ1n) is 8.22. The second kappa shape index (κ2) is 7.09. The number of methoxy groups -OCH3 is 1. The molecule has 7 heteroatoms. The molecule has 0 fully saturated rings. The van der Waals surface area contributed by atoms with Crippen LogP contribution in [0.5, 0.6) is 5.75 Å². The molecule has 0 unspecified atom stereocenters. The standard InChI is InChI=1S/C20H15ClN4O2/c1-27-17-12-6-14(7-13-17)20(25(26)16-10-8-15(21)9-11-16)24-19-5-3-2-4-18(19)22-23-24/h2-13H,1H3/b25-20-. The van der Waals surface area contributed by atoms with Crippen LogP contribution in [0, 0.1) is 5.21 Å². The van der Waals surface area contributed by atoms with Crippen molar-refractivity contribution in [3.05, 3.63) is 88.6 Å². The number of halogens is 1. The van der Waals surface area contributed by atoms with Gasteiger partial charge in [0.25, 0.3) is 0 Å². The van der Waals surface area contributed by atoms with Crippen molar-refractivity contribution in [3.8, 4) is 5.75 Å². The number of para-hydroxylation sites is 1. The third-order valence-corrected chi connectivity index (χ3v) is 4.41. The first kappa shape index (κ1) is 17.1. The fourth-order valence-corrected chi connectivity index (χ4v) is 2.92. The lowest BCUT2D eigenvalue weighted by Crippen LogP contribution is -2.23. The fourth-order valence-electron chi connectivity index (χ4n) is 2.79. The van der Waals surface area contributed by atoms with Crippen molar-refractivity contribution in [1.82, 2.24) is 15.0 Å². The van der Waals surface area contributed by atoms with Crippen LogP contribution < -0.4 is 4.74 Å². The largest absolute Gasteiger partial charge is 0.710 e. The van der Waals surface area contributed by atoms with Gasteiger partial charge in [-0.2, -0.15) is 0 Å². The van der Waals surface area contributed by atoms with Gasteiger partial charge in [-0.25, -0.2) is 4.74 Å². The molecule has 1 heterocycles. The Labute approximate surface area is 160 Å². The van der Waals surface area contributed by atoms with Crippen molar-refractivity contribution in [2.75, 3.05) is 7.11 Å². The van der Waals surface area contributed by atoms with Crippen LogP contribution in [0.15, 0.2) is 72.8 Å². The van der Waals surface area contributed by atoms with E-state index in [1.165, 1.54) is 0 Å². The van der Waals surface area contributed by atoms with Crippen molar-refractivity contribution >= 4 is 34.2 Å². The van der Waals surface area contributed by atoms with E-state index in [2.05, 4.69) is 10.3 Å². The molecule has 0 N–H and O–H groups in total. The van der Waals surface area contributed by atoms with Gasteiger partial charge in [-0.1, -0.05) is 28.4 Å². The van der Waals surface area contributed by atoms with Crippen molar-refractivity contribution in [2.24, 2.45) is 0 Å². The third kappa shape index (κ3) is 3.22. The van der Waals surface area contributed by atoms with Gasteiger partial charge in [0.15, 0.2) is 5.52 Å². The lowest BCUT2D eigenvalue weighted by atomic mass is 10.2. The lowest BCUT2D eigenvalue weighted by Gasteiger charge is -2.14. The van der Waals surface area contributed by atoms with E-state index in [1.54, 1.807) is 48.2 Å². The number of rotatable bonds is 3. The maximum atomic E-state index is 13.3. The minimum absolute atomic E-state index is 0.327. The number of ether oxygens (including phenoxy) is 1. The van der Waals surface area contributed by atoms with E-state index in [9.17, 15) is 5.21 Å². The van der Waals surface area contributed by atoms with Gasteiger partial charge in [0.1, 0.15) is 17.0 Å². The average molecular weight is 379 g/mol. The highest BCUT2D eigenvalue weighted by atomic mass is 35.5. The smallest absolute Gasteiger partial charge is 0.319 e. The summed E-state index contributed by atoms with van der Waals surface area (Å²) in [6.07, 6.45) is 0. The molecule has 4 aromatic rings. The average Bonchev–Trinajstić information content (AvgIpc) is 3.13. The molecule has 0 amide bonds. The number of hydrogen-bond donors (Lipinski definition) is 0. The summed E-state index contributed by atoms with van der Waals surface area (Å²) in [5.41, 5.74) is 2.55. The first-order chi connectivity index (χ1) is 13.2. The van der Waals surface area contributed by atoms with Crippen LogP contribution in [-0.4, -0.2) is 32.7 Å². The minimum Gasteiger partial charge on any atom is -0.710 e. The quantitative estimate of drug-likeness (QED) is 0.176. The Balaban J connectivity index is 1.97. The monoisotopic (exact) mass is 378 g/mol. The second-order valence-electron chi connectivity index (χ2n) is 5.81. The fraction of sp³-hybridized carbons (Fsp3) is 0.0500. The number of nitrogens with zero attached hydrogens (tertiary/aromatic N) is 4. The zero-order valence-corrected chi connectivity index (χ0v) is 15.2. The summed E-state index contributed by atoms with van der Waals surface area (Å²) in [7, 11) is 1.60. The van der Waals surface area contributed by atoms with Crippen LogP contribution >= 0.6 is 11.6 Å². The molecule has 134 valence electrons. The highest BCUT2D eigenvalue weighted by molar-refractivity contribution is 6.30. The Morgan fingerprint density at radius 2 is 1.70 bits per heavy atom. The molecule has 0 atom stereocenters. The Morgan fingerprint density at radius 3 is 2.41 bits per heavy atom. The van der Waals surface area contributed by atoms with Gasteiger partial charge in [0, 0.05) is 10.2 Å². The van der Waals surface area contributed by atoms with Gasteiger partial charge in [0.05, 0.1) is 12.7 Å². The zero-order chi connectivity index (χ0) is 18.8. The topological polar surface area (TPSA) is 66.0 Å². The lowest BCUT2D eigenvalue weighted by molar-refractivity contribution is -0.363. The molecule has 1 aromatic heterocycles. The summed E-state index contributed by atoms with van der Waals surface area (Å²) < 4.78 is 7.58. The molecule has 6 nitrogen and oxygen atoms in total. The van der Waals surface area contributed by atoms with Crippen molar-refractivity contribution in [2.45, 2.75) is 0 Å². The van der Waals surface area contributed by atoms with E-state index in [4.69, 9.17) is 16.3 Å². The highest BCUT2D eigenvalue weighted by Gasteiger charge is 2.23. The molecule has 0 aliphatic carbocycles. The predicted octanol–water partition coefficient (Wildman–Crippen LogP) is 4.23. The number of benzene rings is 3. The van der Waals surface area contributed by atoms with Gasteiger partial charge < -0.3 is 9.94 Å². The summed E-state index contributed by atoms with van der Waals surface area (Å²) in [6.45, 7) is 0. The maximum Gasteiger partial charge on any atom is 0.319 e. The normalized spacial score (nSPS) is 12.1. The molecule has 0 spiro atoms. The first-order valence-corrected chi connectivity index (χ1v) is 8.60. The van der Waals surface area contributed by atoms with Crippen LogP contribution in [0.2, 0.25) is 5.02 Å². The van der Waals surface area contributed by atoms with E-state index in [1.807, 2.05) is 36.4 Å². The van der Waals surface area contributed by atoms with E-state index >= 15 is 0 Å². The molecule has 0 bridgehead atoms. The van der Waals surface area contributed by atoms with Crippen molar-refractivity contribution in [3.63, 3.8) is 0 Å². The molecule has 3 aromatic carbocycles. The van der Waals surface area contributed by atoms with Crippen molar-refractivity contribution in [1.29, 1.82) is 0 Å². The Hall–Kier alpha value is -3.38. The minimum atomic E-state index is 0.327. The van der Waals surface area contributed by atoms with E-state index in [0.29, 0.717) is 33.4 Å². The zero-order valence-electron chi connectivity index (χ0n) is 14.4. The van der Waals surface area contributed by atoms with Gasteiger partial charge in [-0.05, 0) is 60.7 Å². The highest BCUT2D eigenvalue weighted by Crippen LogP contribution is 2.21. The maximum absolute atomic E-state index is 13.3. The van der Waals surface area contributed by atoms with E-state index < -0.39 is 0 Å². The van der Waals surface area contributed by atoms with Crippen LogP contribution in [0.1, 0.15) is 5.56 Å². The Kier molecular flexibility index (Phi) is 4.48. The van der Waals surface area contributed by atoms with E-state index in [0.717, 1.165) is 10.3 Å². The summed E-state index contributed by atoms with van der Waals surface area (Å²) in [6, 6.07) is 21.4. The second-order valence-corrected chi connectivity index (χ2v) is 6.25. The molecular formula is C20H15ClN4O2. The molecule has 4 rings (SSSR count). The van der Waals surface area contributed by atoms with Gasteiger partial charge in [-0.15, -0.1) is 5.10 Å². The molecule has 0 aliphatic rings. The summed E-state index contributed by atoms with van der Waals surface area (Å²) >= 11 is 5.96. The summed E-state index contributed by atoms with van der Waals surface area (Å²) in [4.78, 5) is 0. The van der Waals surface area contributed by atoms with Gasteiger partial charge >= 0.3 is 5.84 Å². The SMILES string of the molecule is COc1ccc(/C(n2nnc3ccccc32)=[N+](/[O-])c2ccc(Cl)cc2)cc1. The number of fused-ring (bicyclic) bond motifs is 1.